The molecule has 1 unspecified atom stereocenters. The molecule has 2 heterocycles. The maximum absolute atomic E-state index is 13.0. The zero-order valence-corrected chi connectivity index (χ0v) is 16.5. The average Bonchev–Trinajstić information content (AvgIpc) is 3.12. The number of hydrogen-bond acceptors (Lipinski definition) is 4. The molecule has 2 aliphatic heterocycles. The van der Waals surface area contributed by atoms with Gasteiger partial charge < -0.3 is 9.80 Å². The predicted molar refractivity (Wildman–Crippen MR) is 104 cm³/mol. The third-order valence-corrected chi connectivity index (χ3v) is 7.34. The first-order valence-corrected chi connectivity index (χ1v) is 11.1. The molecular weight excluding hydrogens is 350 g/mol. The summed E-state index contributed by atoms with van der Waals surface area (Å²) in [4.78, 5) is 17.1. The fourth-order valence-electron chi connectivity index (χ4n) is 3.92. The summed E-state index contributed by atoms with van der Waals surface area (Å²) < 4.78 is 26.3. The van der Waals surface area contributed by atoms with Gasteiger partial charge in [-0.2, -0.15) is 4.31 Å². The summed E-state index contributed by atoms with van der Waals surface area (Å²) in [5.74, 6) is 0.101. The fourth-order valence-corrected chi connectivity index (χ4v) is 5.66. The molecule has 1 atom stereocenters. The van der Waals surface area contributed by atoms with Gasteiger partial charge in [0.05, 0.1) is 5.75 Å². The van der Waals surface area contributed by atoms with E-state index in [1.807, 2.05) is 11.8 Å². The Hall–Kier alpha value is -1.60. The number of aryl methyl sites for hydroxylation is 1. The average molecular weight is 380 g/mol. The van der Waals surface area contributed by atoms with Crippen LogP contribution in [-0.4, -0.2) is 68.0 Å². The Bertz CT molecular complexity index is 742. The largest absolute Gasteiger partial charge is 0.368 e. The third-order valence-electron chi connectivity index (χ3n) is 5.27. The van der Waals surface area contributed by atoms with Gasteiger partial charge in [0.25, 0.3) is 0 Å². The number of benzene rings is 1. The standard InChI is InChI=1S/C19H29N3O3S/c1-3-14-26(24,25)22-9-5-8-18(22)19(23)21-12-10-20(11-13-21)17-7-4-6-16(2)15-17/h4,6-7,15,18H,3,5,8-14H2,1-2H3. The van der Waals surface area contributed by atoms with Gasteiger partial charge in [-0.3, -0.25) is 4.79 Å². The maximum Gasteiger partial charge on any atom is 0.241 e. The van der Waals surface area contributed by atoms with Gasteiger partial charge in [-0.25, -0.2) is 8.42 Å². The molecule has 1 aromatic rings. The van der Waals surface area contributed by atoms with Crippen LogP contribution in [0.3, 0.4) is 0 Å². The van der Waals surface area contributed by atoms with E-state index < -0.39 is 16.1 Å². The summed E-state index contributed by atoms with van der Waals surface area (Å²) in [5.41, 5.74) is 2.41. The van der Waals surface area contributed by atoms with Crippen LogP contribution in [0.15, 0.2) is 24.3 Å². The van der Waals surface area contributed by atoms with Crippen LogP contribution in [-0.2, 0) is 14.8 Å². The van der Waals surface area contributed by atoms with Crippen LogP contribution in [0.25, 0.3) is 0 Å². The van der Waals surface area contributed by atoms with E-state index in [-0.39, 0.29) is 11.7 Å². The van der Waals surface area contributed by atoms with Crippen molar-refractivity contribution in [3.8, 4) is 0 Å². The predicted octanol–water partition coefficient (Wildman–Crippen LogP) is 1.85. The lowest BCUT2D eigenvalue weighted by atomic mass is 10.1. The Morgan fingerprint density at radius 1 is 1.15 bits per heavy atom. The Morgan fingerprint density at radius 2 is 1.88 bits per heavy atom. The van der Waals surface area contributed by atoms with Crippen molar-refractivity contribution in [2.45, 2.75) is 39.2 Å². The smallest absolute Gasteiger partial charge is 0.241 e. The molecule has 0 N–H and O–H groups in total. The molecule has 144 valence electrons. The lowest BCUT2D eigenvalue weighted by molar-refractivity contribution is -0.134. The van der Waals surface area contributed by atoms with E-state index in [9.17, 15) is 13.2 Å². The summed E-state index contributed by atoms with van der Waals surface area (Å²) in [6, 6.07) is 7.89. The van der Waals surface area contributed by atoms with Crippen molar-refractivity contribution in [1.82, 2.24) is 9.21 Å². The minimum Gasteiger partial charge on any atom is -0.368 e. The number of hydrogen-bond donors (Lipinski definition) is 0. The molecule has 3 rings (SSSR count). The first kappa shape index (κ1) is 19.2. The van der Waals surface area contributed by atoms with E-state index in [0.29, 0.717) is 32.5 Å². The zero-order valence-electron chi connectivity index (χ0n) is 15.7. The van der Waals surface area contributed by atoms with Gasteiger partial charge in [0, 0.05) is 38.4 Å². The molecule has 2 aliphatic rings. The lowest BCUT2D eigenvalue weighted by Gasteiger charge is -2.38. The number of anilines is 1. The van der Waals surface area contributed by atoms with Crippen LogP contribution in [0.4, 0.5) is 5.69 Å². The third kappa shape index (κ3) is 4.04. The van der Waals surface area contributed by atoms with Gasteiger partial charge in [-0.1, -0.05) is 19.1 Å². The van der Waals surface area contributed by atoms with E-state index >= 15 is 0 Å². The quantitative estimate of drug-likeness (QED) is 0.783. The van der Waals surface area contributed by atoms with E-state index in [4.69, 9.17) is 0 Å². The normalized spacial score (nSPS) is 22.0. The highest BCUT2D eigenvalue weighted by Crippen LogP contribution is 2.25. The summed E-state index contributed by atoms with van der Waals surface area (Å²) in [7, 11) is -3.33. The Morgan fingerprint density at radius 3 is 2.54 bits per heavy atom. The Balaban J connectivity index is 1.63. The van der Waals surface area contributed by atoms with Gasteiger partial charge in [-0.05, 0) is 43.9 Å². The summed E-state index contributed by atoms with van der Waals surface area (Å²) >= 11 is 0. The van der Waals surface area contributed by atoms with E-state index in [1.54, 1.807) is 0 Å². The number of piperazine rings is 1. The minimum absolute atomic E-state index is 0.0222. The zero-order chi connectivity index (χ0) is 18.7. The highest BCUT2D eigenvalue weighted by atomic mass is 32.2. The van der Waals surface area contributed by atoms with Crippen molar-refractivity contribution in [2.75, 3.05) is 43.4 Å². The van der Waals surface area contributed by atoms with Gasteiger partial charge >= 0.3 is 0 Å². The molecule has 0 saturated carbocycles. The molecule has 1 amide bonds. The van der Waals surface area contributed by atoms with Crippen LogP contribution in [0.5, 0.6) is 0 Å². The van der Waals surface area contributed by atoms with Gasteiger partial charge in [0.2, 0.25) is 15.9 Å². The second kappa shape index (κ2) is 7.96. The molecule has 0 aliphatic carbocycles. The van der Waals surface area contributed by atoms with Crippen LogP contribution in [0, 0.1) is 6.92 Å². The van der Waals surface area contributed by atoms with Crippen molar-refractivity contribution >= 4 is 21.6 Å². The molecule has 2 saturated heterocycles. The molecule has 7 heteroatoms. The molecule has 26 heavy (non-hydrogen) atoms. The minimum atomic E-state index is -3.33. The maximum atomic E-state index is 13.0. The SMILES string of the molecule is CCCS(=O)(=O)N1CCCC1C(=O)N1CCN(c2cccc(C)c2)CC1. The number of carbonyl (C=O) groups excluding carboxylic acids is 1. The van der Waals surface area contributed by atoms with Gasteiger partial charge in [0.1, 0.15) is 6.04 Å². The van der Waals surface area contributed by atoms with Gasteiger partial charge in [0.15, 0.2) is 0 Å². The molecule has 0 bridgehead atoms. The van der Waals surface area contributed by atoms with Crippen LogP contribution < -0.4 is 4.90 Å². The molecular formula is C19H29N3O3S. The second-order valence-corrected chi connectivity index (χ2v) is 9.28. The topological polar surface area (TPSA) is 60.9 Å². The van der Waals surface area contributed by atoms with Crippen molar-refractivity contribution in [3.05, 3.63) is 29.8 Å². The van der Waals surface area contributed by atoms with Crippen molar-refractivity contribution in [1.29, 1.82) is 0 Å². The van der Waals surface area contributed by atoms with Crippen molar-refractivity contribution in [2.24, 2.45) is 0 Å². The lowest BCUT2D eigenvalue weighted by Crippen LogP contribution is -2.54. The van der Waals surface area contributed by atoms with E-state index in [0.717, 1.165) is 19.5 Å². The van der Waals surface area contributed by atoms with Crippen LogP contribution in [0.1, 0.15) is 31.7 Å². The first-order valence-electron chi connectivity index (χ1n) is 9.52. The molecule has 6 nitrogen and oxygen atoms in total. The molecule has 0 aromatic heterocycles. The van der Waals surface area contributed by atoms with Crippen molar-refractivity contribution in [3.63, 3.8) is 0 Å². The fraction of sp³-hybridized carbons (Fsp3) is 0.632. The highest BCUT2D eigenvalue weighted by Gasteiger charge is 2.40. The summed E-state index contributed by atoms with van der Waals surface area (Å²) in [5, 5.41) is 0. The van der Waals surface area contributed by atoms with Crippen LogP contribution in [0.2, 0.25) is 0 Å². The molecule has 2 fully saturated rings. The number of nitrogens with zero attached hydrogens (tertiary/aromatic N) is 3. The number of amides is 1. The number of sulfonamides is 1. The molecule has 1 aromatic carbocycles. The van der Waals surface area contributed by atoms with E-state index in [2.05, 4.69) is 36.1 Å². The summed E-state index contributed by atoms with van der Waals surface area (Å²) in [6.07, 6.45) is 1.98. The Kier molecular flexibility index (Phi) is 5.87. The molecule has 0 radical (unpaired) electrons. The van der Waals surface area contributed by atoms with E-state index in [1.165, 1.54) is 15.6 Å². The number of carbonyl (C=O) groups is 1. The molecule has 0 spiro atoms. The second-order valence-electron chi connectivity index (χ2n) is 7.24. The van der Waals surface area contributed by atoms with Crippen molar-refractivity contribution < 1.29 is 13.2 Å². The highest BCUT2D eigenvalue weighted by molar-refractivity contribution is 7.89. The summed E-state index contributed by atoms with van der Waals surface area (Å²) in [6.45, 7) is 7.26. The number of rotatable bonds is 5. The first-order chi connectivity index (χ1) is 12.4. The van der Waals surface area contributed by atoms with Crippen LogP contribution >= 0.6 is 0 Å². The Labute approximate surface area is 156 Å². The monoisotopic (exact) mass is 379 g/mol. The van der Waals surface area contributed by atoms with Gasteiger partial charge in [-0.15, -0.1) is 0 Å².